The molecule has 4 rings (SSSR count). The predicted octanol–water partition coefficient (Wildman–Crippen LogP) is 6.62. The molecular weight excluding hydrogens is 739 g/mol. The number of carbonyl (C=O) groups is 2. The summed E-state index contributed by atoms with van der Waals surface area (Å²) in [4.78, 5) is 41.0. The van der Waals surface area contributed by atoms with Gasteiger partial charge in [-0.15, -0.1) is 0 Å². The molecule has 58 heavy (non-hydrogen) atoms. The Hall–Kier alpha value is -3.10. The summed E-state index contributed by atoms with van der Waals surface area (Å²) in [5, 5.41) is 41.2. The van der Waals surface area contributed by atoms with E-state index in [4.69, 9.17) is 19.0 Å². The largest absolute Gasteiger partial charge is 0.396 e. The molecule has 1 aromatic carbocycles. The lowest BCUT2D eigenvalue weighted by molar-refractivity contribution is -0.296. The minimum atomic E-state index is -1.69. The van der Waals surface area contributed by atoms with Gasteiger partial charge in [-0.1, -0.05) is 83.0 Å². The predicted molar refractivity (Wildman–Crippen MR) is 227 cm³/mol. The zero-order chi connectivity index (χ0) is 42.9. The van der Waals surface area contributed by atoms with E-state index < -0.39 is 65.4 Å². The highest BCUT2D eigenvalue weighted by Crippen LogP contribution is 2.40. The number of fused-ring (bicyclic) bond motifs is 1. The number of aromatic nitrogens is 1. The number of likely N-dealkylation sites (N-methyl/N-ethyl adjacent to an activating group) is 1. The Morgan fingerprint density at radius 3 is 2.43 bits per heavy atom. The van der Waals surface area contributed by atoms with Gasteiger partial charge in [-0.25, -0.2) is 0 Å². The summed E-state index contributed by atoms with van der Waals surface area (Å²) in [5.41, 5.74) is -0.668. The maximum atomic E-state index is 14.6. The molecule has 1 aliphatic heterocycles. The number of unbranched alkanes of at least 4 members (excludes halogenated alkanes) is 1. The van der Waals surface area contributed by atoms with Crippen molar-refractivity contribution in [2.75, 3.05) is 27.3 Å². The highest BCUT2D eigenvalue weighted by Gasteiger charge is 2.51. The first kappa shape index (κ1) is 47.6. The topological polar surface area (TPSA) is 160 Å². The maximum absolute atomic E-state index is 14.6. The molecule has 2 heterocycles. The number of Topliss-reactive ketones (excluding diaryl/α,β-unsaturated/α-hetero) is 2. The summed E-state index contributed by atoms with van der Waals surface area (Å²) in [5.74, 6) is -4.39. The highest BCUT2D eigenvalue weighted by atomic mass is 16.7. The van der Waals surface area contributed by atoms with Crippen molar-refractivity contribution in [3.63, 3.8) is 0 Å². The first-order valence-corrected chi connectivity index (χ1v) is 21.3. The lowest BCUT2D eigenvalue weighted by atomic mass is 9.70. The summed E-state index contributed by atoms with van der Waals surface area (Å²) >= 11 is 0. The SMILES string of the molecule is CCCCO/N=C1\[C@H](C)C[C@](C)(OC/C=C/c2cnc3ccccc3c2)[C@H](O[C@@H]2O[C@H](C)C[C@H](N(C)C)[C@H]2O)[C@@H](C)C(=O)[C@@H](C)C(=O)C[C@H](CC)[C@@](C)(O)[C@H](O)[C@H]1C. The molecule has 2 aliphatic rings. The van der Waals surface area contributed by atoms with Crippen molar-refractivity contribution in [3.05, 3.63) is 48.2 Å². The van der Waals surface area contributed by atoms with E-state index in [2.05, 4.69) is 17.1 Å². The molecule has 0 unspecified atom stereocenters. The molecule has 0 spiro atoms. The fourth-order valence-corrected chi connectivity index (χ4v) is 8.91. The van der Waals surface area contributed by atoms with Gasteiger partial charge in [0, 0.05) is 41.8 Å². The summed E-state index contributed by atoms with van der Waals surface area (Å²) < 4.78 is 20.0. The molecule has 2 fully saturated rings. The number of rotatable bonds is 12. The quantitative estimate of drug-likeness (QED) is 0.120. The molecule has 2 aromatic rings. The van der Waals surface area contributed by atoms with Crippen LogP contribution in [0.2, 0.25) is 0 Å². The second-order valence-corrected chi connectivity index (χ2v) is 17.6. The van der Waals surface area contributed by atoms with Crippen LogP contribution in [-0.4, -0.2) is 118 Å². The average Bonchev–Trinajstić information content (AvgIpc) is 3.19. The van der Waals surface area contributed by atoms with Crippen LogP contribution in [-0.2, 0) is 28.6 Å². The monoisotopic (exact) mass is 810 g/mol. The lowest BCUT2D eigenvalue weighted by Gasteiger charge is -2.47. The van der Waals surface area contributed by atoms with E-state index in [0.29, 0.717) is 25.2 Å². The van der Waals surface area contributed by atoms with Crippen LogP contribution < -0.4 is 0 Å². The Bertz CT molecular complexity index is 1710. The second-order valence-electron chi connectivity index (χ2n) is 17.6. The van der Waals surface area contributed by atoms with Gasteiger partial charge in [0.25, 0.3) is 0 Å². The molecule has 12 nitrogen and oxygen atoms in total. The zero-order valence-corrected chi connectivity index (χ0v) is 36.8. The standard InChI is InChI=1S/C46H71N3O9/c1-12-14-22-56-48-39-28(3)26-45(8,55-21-17-18-33-24-34-19-15-16-20-36(34)47-27-33)43(58-44-41(52)37(49(10)11)23-29(4)57-44)32(7)40(51)30(5)38(50)25-35(13-2)46(9,54)42(53)31(39)6/h15-20,24,27-32,35,37,41-44,52-54H,12-14,21-23,25-26H2,1-11H3/b18-17+,48-39+/t28-,29-,30+,31+,32+,35+,37+,41-,42-,43-,44+,45+,46-/m1/s1. The van der Waals surface area contributed by atoms with Crippen molar-refractivity contribution >= 4 is 34.3 Å². The van der Waals surface area contributed by atoms with Gasteiger partial charge in [-0.2, -0.15) is 0 Å². The normalized spacial score (nSPS) is 36.8. The zero-order valence-electron chi connectivity index (χ0n) is 36.8. The van der Waals surface area contributed by atoms with E-state index in [9.17, 15) is 24.9 Å². The third kappa shape index (κ3) is 11.4. The number of para-hydroxylation sites is 1. The number of oxime groups is 1. The van der Waals surface area contributed by atoms with Crippen LogP contribution >= 0.6 is 0 Å². The first-order valence-electron chi connectivity index (χ1n) is 21.3. The first-order chi connectivity index (χ1) is 27.4. The van der Waals surface area contributed by atoms with Crippen LogP contribution in [0.4, 0.5) is 0 Å². The smallest absolute Gasteiger partial charge is 0.185 e. The number of pyridine rings is 1. The van der Waals surface area contributed by atoms with Crippen LogP contribution in [0.25, 0.3) is 17.0 Å². The molecule has 1 saturated heterocycles. The van der Waals surface area contributed by atoms with E-state index >= 15 is 0 Å². The number of aliphatic hydroxyl groups is 3. The fourth-order valence-electron chi connectivity index (χ4n) is 8.91. The Balaban J connectivity index is 1.85. The minimum absolute atomic E-state index is 0.109. The van der Waals surface area contributed by atoms with Gasteiger partial charge in [0.2, 0.25) is 0 Å². The van der Waals surface area contributed by atoms with E-state index in [1.54, 1.807) is 27.0 Å². The fraction of sp³-hybridized carbons (Fsp3) is 0.696. The number of hydrogen-bond acceptors (Lipinski definition) is 12. The summed E-state index contributed by atoms with van der Waals surface area (Å²) in [6.07, 6.45) is 3.65. The molecule has 0 radical (unpaired) electrons. The summed E-state index contributed by atoms with van der Waals surface area (Å²) in [6, 6.07) is 9.66. The minimum Gasteiger partial charge on any atom is -0.396 e. The third-order valence-electron chi connectivity index (χ3n) is 12.7. The van der Waals surface area contributed by atoms with Gasteiger partial charge in [0.05, 0.1) is 53.3 Å². The molecule has 0 bridgehead atoms. The van der Waals surface area contributed by atoms with Crippen LogP contribution in [0.3, 0.4) is 0 Å². The van der Waals surface area contributed by atoms with E-state index in [1.807, 2.05) is 96.1 Å². The molecule has 1 aliphatic carbocycles. The van der Waals surface area contributed by atoms with Crippen LogP contribution in [0.5, 0.6) is 0 Å². The van der Waals surface area contributed by atoms with Gasteiger partial charge in [0.15, 0.2) is 6.29 Å². The Morgan fingerprint density at radius 1 is 1.05 bits per heavy atom. The lowest BCUT2D eigenvalue weighted by Crippen LogP contribution is -2.59. The van der Waals surface area contributed by atoms with Gasteiger partial charge in [-0.3, -0.25) is 14.6 Å². The number of ketones is 2. The van der Waals surface area contributed by atoms with E-state index in [0.717, 1.165) is 29.3 Å². The van der Waals surface area contributed by atoms with Crippen LogP contribution in [0.1, 0.15) is 106 Å². The molecule has 324 valence electrons. The Morgan fingerprint density at radius 2 is 1.76 bits per heavy atom. The van der Waals surface area contributed by atoms with Gasteiger partial charge >= 0.3 is 0 Å². The molecule has 13 atom stereocenters. The maximum Gasteiger partial charge on any atom is 0.185 e. The van der Waals surface area contributed by atoms with Crippen LogP contribution in [0, 0.1) is 29.6 Å². The number of nitrogens with zero attached hydrogens (tertiary/aromatic N) is 3. The number of aliphatic hydroxyl groups excluding tert-OH is 2. The van der Waals surface area contributed by atoms with Crippen molar-refractivity contribution < 1.29 is 44.0 Å². The number of ether oxygens (including phenoxy) is 3. The molecule has 12 heteroatoms. The van der Waals surface area contributed by atoms with Crippen molar-refractivity contribution in [3.8, 4) is 0 Å². The van der Waals surface area contributed by atoms with E-state index in [1.165, 1.54) is 0 Å². The molecule has 0 amide bonds. The average molecular weight is 810 g/mol. The Kier molecular flexibility index (Phi) is 17.2. The highest BCUT2D eigenvalue weighted by molar-refractivity contribution is 6.03. The number of hydrogen-bond donors (Lipinski definition) is 3. The van der Waals surface area contributed by atoms with E-state index in [-0.39, 0.29) is 43.2 Å². The summed E-state index contributed by atoms with van der Waals surface area (Å²) in [6.45, 7) is 16.9. The molecule has 1 aromatic heterocycles. The second kappa shape index (κ2) is 20.9. The van der Waals surface area contributed by atoms with Gasteiger partial charge < -0.3 is 39.3 Å². The van der Waals surface area contributed by atoms with Crippen molar-refractivity contribution in [2.24, 2.45) is 34.7 Å². The van der Waals surface area contributed by atoms with Crippen molar-refractivity contribution in [1.29, 1.82) is 0 Å². The van der Waals surface area contributed by atoms with Crippen LogP contribution in [0.15, 0.2) is 47.8 Å². The summed E-state index contributed by atoms with van der Waals surface area (Å²) in [7, 11) is 3.80. The molecule has 1 saturated carbocycles. The number of carbonyl (C=O) groups excluding carboxylic acids is 2. The van der Waals surface area contributed by atoms with Crippen molar-refractivity contribution in [1.82, 2.24) is 9.88 Å². The number of benzene rings is 1. The van der Waals surface area contributed by atoms with Gasteiger partial charge in [0.1, 0.15) is 24.3 Å². The van der Waals surface area contributed by atoms with Crippen molar-refractivity contribution in [2.45, 2.75) is 149 Å². The molecular formula is C46H71N3O9. The van der Waals surface area contributed by atoms with Gasteiger partial charge in [-0.05, 0) is 84.7 Å². The molecule has 3 N–H and O–H groups in total. The Labute approximate surface area is 346 Å². The third-order valence-corrected chi connectivity index (χ3v) is 12.7.